The zero-order valence-electron chi connectivity index (χ0n) is 9.69. The third-order valence-corrected chi connectivity index (χ3v) is 2.86. The highest BCUT2D eigenvalue weighted by Crippen LogP contribution is 2.27. The standard InChI is InChI=1S/C9H8F3NO5S/c1-5-3-4-6(8(14)17-2)13-7(5)18-19(15,16)9(10,11)12/h3-4H,1-2H3. The molecule has 106 valence electrons. The molecular formula is C9H8F3NO5S. The van der Waals surface area contributed by atoms with Gasteiger partial charge in [0.25, 0.3) is 0 Å². The fourth-order valence-corrected chi connectivity index (χ4v) is 1.43. The molecule has 1 aromatic rings. The SMILES string of the molecule is COC(=O)c1ccc(C)c(OS(=O)(=O)C(F)(F)F)n1. The number of halogens is 3. The molecule has 1 heterocycles. The summed E-state index contributed by atoms with van der Waals surface area (Å²) in [7, 11) is -4.80. The summed E-state index contributed by atoms with van der Waals surface area (Å²) in [4.78, 5) is 14.5. The molecule has 0 aliphatic rings. The number of ether oxygens (including phenoxy) is 1. The number of methoxy groups -OCH3 is 1. The summed E-state index contributed by atoms with van der Waals surface area (Å²) in [6.45, 7) is 1.27. The van der Waals surface area contributed by atoms with Crippen LogP contribution in [-0.4, -0.2) is 32.0 Å². The molecule has 10 heteroatoms. The molecule has 19 heavy (non-hydrogen) atoms. The van der Waals surface area contributed by atoms with Crippen molar-refractivity contribution in [3.05, 3.63) is 23.4 Å². The van der Waals surface area contributed by atoms with E-state index in [9.17, 15) is 26.4 Å². The minimum absolute atomic E-state index is 0.0143. The molecule has 0 fully saturated rings. The molecule has 1 aromatic heterocycles. The lowest BCUT2D eigenvalue weighted by Gasteiger charge is -2.10. The van der Waals surface area contributed by atoms with Gasteiger partial charge >= 0.3 is 21.6 Å². The number of rotatable bonds is 3. The number of alkyl halides is 3. The second-order valence-electron chi connectivity index (χ2n) is 3.29. The van der Waals surface area contributed by atoms with Crippen LogP contribution >= 0.6 is 0 Å². The summed E-state index contributed by atoms with van der Waals surface area (Å²) in [5.41, 5.74) is -5.94. The first kappa shape index (κ1) is 15.2. The Balaban J connectivity index is 3.19. The van der Waals surface area contributed by atoms with E-state index in [-0.39, 0.29) is 11.3 Å². The maximum absolute atomic E-state index is 12.1. The summed E-state index contributed by atoms with van der Waals surface area (Å²) >= 11 is 0. The minimum Gasteiger partial charge on any atom is -0.464 e. The normalized spacial score (nSPS) is 12.1. The monoisotopic (exact) mass is 299 g/mol. The van der Waals surface area contributed by atoms with Crippen molar-refractivity contribution in [3.8, 4) is 5.88 Å². The largest absolute Gasteiger partial charge is 0.534 e. The van der Waals surface area contributed by atoms with Gasteiger partial charge < -0.3 is 8.92 Å². The molecule has 0 bridgehead atoms. The molecule has 6 nitrogen and oxygen atoms in total. The summed E-state index contributed by atoms with van der Waals surface area (Å²) < 4.78 is 66.2. The van der Waals surface area contributed by atoms with Crippen molar-refractivity contribution in [2.45, 2.75) is 12.4 Å². The molecule has 0 N–H and O–H groups in total. The molecule has 1 rings (SSSR count). The lowest BCUT2D eigenvalue weighted by atomic mass is 10.2. The maximum atomic E-state index is 12.1. The molecule has 0 saturated carbocycles. The highest BCUT2D eigenvalue weighted by Gasteiger charge is 2.49. The average molecular weight is 299 g/mol. The van der Waals surface area contributed by atoms with Gasteiger partial charge in [0, 0.05) is 5.56 Å². The number of carbonyl (C=O) groups excluding carboxylic acids is 1. The summed E-state index contributed by atoms with van der Waals surface area (Å²) in [5.74, 6) is -1.77. The van der Waals surface area contributed by atoms with Gasteiger partial charge in [-0.1, -0.05) is 6.07 Å². The topological polar surface area (TPSA) is 82.6 Å². The van der Waals surface area contributed by atoms with E-state index in [1.54, 1.807) is 0 Å². The third kappa shape index (κ3) is 3.34. The molecule has 0 aliphatic carbocycles. The number of aromatic nitrogens is 1. The predicted octanol–water partition coefficient (Wildman–Crippen LogP) is 1.41. The van der Waals surface area contributed by atoms with Gasteiger partial charge in [-0.25, -0.2) is 9.78 Å². The van der Waals surface area contributed by atoms with Gasteiger partial charge in [-0.15, -0.1) is 0 Å². The van der Waals surface area contributed by atoms with Gasteiger partial charge in [0.1, 0.15) is 0 Å². The summed E-state index contributed by atoms with van der Waals surface area (Å²) in [6, 6.07) is 2.34. The second-order valence-corrected chi connectivity index (χ2v) is 4.83. The lowest BCUT2D eigenvalue weighted by molar-refractivity contribution is -0.0501. The van der Waals surface area contributed by atoms with Gasteiger partial charge in [0.15, 0.2) is 5.69 Å². The Morgan fingerprint density at radius 2 is 1.89 bits per heavy atom. The molecule has 0 saturated heterocycles. The van der Waals surface area contributed by atoms with E-state index >= 15 is 0 Å². The molecule has 0 aromatic carbocycles. The number of hydrogen-bond donors (Lipinski definition) is 0. The Bertz CT molecular complexity index is 596. The predicted molar refractivity (Wildman–Crippen MR) is 55.9 cm³/mol. The van der Waals surface area contributed by atoms with Gasteiger partial charge in [-0.3, -0.25) is 0 Å². The zero-order chi connectivity index (χ0) is 14.8. The van der Waals surface area contributed by atoms with Crippen LogP contribution in [0.25, 0.3) is 0 Å². The van der Waals surface area contributed by atoms with E-state index in [2.05, 4.69) is 13.9 Å². The van der Waals surface area contributed by atoms with Crippen molar-refractivity contribution < 1.29 is 35.3 Å². The maximum Gasteiger partial charge on any atom is 0.534 e. The first-order valence-electron chi connectivity index (χ1n) is 4.65. The number of pyridine rings is 1. The Morgan fingerprint density at radius 1 is 1.32 bits per heavy atom. The molecule has 0 radical (unpaired) electrons. The molecule has 0 spiro atoms. The Labute approximate surface area is 106 Å². The number of nitrogens with zero attached hydrogens (tertiary/aromatic N) is 1. The lowest BCUT2D eigenvalue weighted by Crippen LogP contribution is -2.28. The number of carbonyl (C=O) groups is 1. The highest BCUT2D eigenvalue weighted by atomic mass is 32.2. The van der Waals surface area contributed by atoms with E-state index in [1.807, 2.05) is 0 Å². The van der Waals surface area contributed by atoms with Crippen molar-refractivity contribution in [3.63, 3.8) is 0 Å². The van der Waals surface area contributed by atoms with Crippen molar-refractivity contribution in [1.29, 1.82) is 0 Å². The Kier molecular flexibility index (Phi) is 4.03. The first-order chi connectivity index (χ1) is 8.58. The summed E-state index contributed by atoms with van der Waals surface area (Å²) in [6.07, 6.45) is 0. The first-order valence-corrected chi connectivity index (χ1v) is 6.06. The van der Waals surface area contributed by atoms with Crippen LogP contribution in [-0.2, 0) is 14.9 Å². The zero-order valence-corrected chi connectivity index (χ0v) is 10.5. The fraction of sp³-hybridized carbons (Fsp3) is 0.333. The van der Waals surface area contributed by atoms with E-state index < -0.39 is 27.5 Å². The van der Waals surface area contributed by atoms with Crippen LogP contribution in [0.15, 0.2) is 12.1 Å². The van der Waals surface area contributed by atoms with Crippen molar-refractivity contribution in [1.82, 2.24) is 4.98 Å². The van der Waals surface area contributed by atoms with Crippen molar-refractivity contribution in [2.24, 2.45) is 0 Å². The number of esters is 1. The van der Waals surface area contributed by atoms with E-state index in [0.29, 0.717) is 0 Å². The van der Waals surface area contributed by atoms with Crippen LogP contribution in [0.1, 0.15) is 16.1 Å². The van der Waals surface area contributed by atoms with Crippen molar-refractivity contribution >= 4 is 16.1 Å². The summed E-state index contributed by atoms with van der Waals surface area (Å²) in [5, 5.41) is 0. The molecular weight excluding hydrogens is 291 g/mol. The smallest absolute Gasteiger partial charge is 0.464 e. The van der Waals surface area contributed by atoms with E-state index in [4.69, 9.17) is 0 Å². The van der Waals surface area contributed by atoms with Crippen LogP contribution in [0.5, 0.6) is 5.88 Å². The van der Waals surface area contributed by atoms with Crippen LogP contribution in [0, 0.1) is 6.92 Å². The van der Waals surface area contributed by atoms with Crippen LogP contribution in [0.3, 0.4) is 0 Å². The van der Waals surface area contributed by atoms with Crippen LogP contribution < -0.4 is 4.18 Å². The van der Waals surface area contributed by atoms with Gasteiger partial charge in [-0.2, -0.15) is 21.6 Å². The quantitative estimate of drug-likeness (QED) is 0.477. The molecule has 0 aliphatic heterocycles. The molecule has 0 amide bonds. The average Bonchev–Trinajstić information content (AvgIpc) is 2.29. The van der Waals surface area contributed by atoms with Crippen LogP contribution in [0.4, 0.5) is 13.2 Å². The highest BCUT2D eigenvalue weighted by molar-refractivity contribution is 7.87. The third-order valence-electron chi connectivity index (χ3n) is 1.92. The fourth-order valence-electron chi connectivity index (χ4n) is 0.964. The Hall–Kier alpha value is -1.84. The molecule has 0 unspecified atom stereocenters. The van der Waals surface area contributed by atoms with Crippen LogP contribution in [0.2, 0.25) is 0 Å². The van der Waals surface area contributed by atoms with Gasteiger partial charge in [0.2, 0.25) is 5.88 Å². The van der Waals surface area contributed by atoms with Crippen molar-refractivity contribution in [2.75, 3.05) is 7.11 Å². The van der Waals surface area contributed by atoms with E-state index in [0.717, 1.165) is 13.2 Å². The second kappa shape index (κ2) is 5.03. The Morgan fingerprint density at radius 3 is 2.37 bits per heavy atom. The minimum atomic E-state index is -5.84. The number of hydrogen-bond acceptors (Lipinski definition) is 6. The molecule has 0 atom stereocenters. The van der Waals surface area contributed by atoms with Gasteiger partial charge in [-0.05, 0) is 13.0 Å². The number of aryl methyl sites for hydroxylation is 1. The van der Waals surface area contributed by atoms with E-state index in [1.165, 1.54) is 13.0 Å². The van der Waals surface area contributed by atoms with Gasteiger partial charge in [0.05, 0.1) is 7.11 Å².